The van der Waals surface area contributed by atoms with Crippen LogP contribution < -0.4 is 10.1 Å². The maximum atomic E-state index is 5.33. The highest BCUT2D eigenvalue weighted by Crippen LogP contribution is 2.19. The van der Waals surface area contributed by atoms with Gasteiger partial charge in [-0.15, -0.1) is 0 Å². The van der Waals surface area contributed by atoms with E-state index in [1.165, 1.54) is 11.1 Å². The molecule has 0 aliphatic carbocycles. The van der Waals surface area contributed by atoms with Gasteiger partial charge in [-0.1, -0.05) is 17.7 Å². The van der Waals surface area contributed by atoms with E-state index in [0.29, 0.717) is 0 Å². The van der Waals surface area contributed by atoms with Gasteiger partial charge in [0.05, 0.1) is 7.11 Å². The van der Waals surface area contributed by atoms with Crippen LogP contribution in [-0.4, -0.2) is 39.2 Å². The summed E-state index contributed by atoms with van der Waals surface area (Å²) in [4.78, 5) is 2.17. The van der Waals surface area contributed by atoms with Gasteiger partial charge in [0.25, 0.3) is 0 Å². The highest BCUT2D eigenvalue weighted by Gasteiger charge is 2.02. The molecule has 3 nitrogen and oxygen atoms in total. The van der Waals surface area contributed by atoms with Gasteiger partial charge in [0, 0.05) is 25.2 Å². The number of nitrogens with zero attached hydrogens (tertiary/aromatic N) is 1. The Balaban J connectivity index is 2.48. The van der Waals surface area contributed by atoms with Crippen LogP contribution in [0.5, 0.6) is 5.75 Å². The molecule has 0 aliphatic heterocycles. The smallest absolute Gasteiger partial charge is 0.123 e. The lowest BCUT2D eigenvalue weighted by Crippen LogP contribution is -2.26. The van der Waals surface area contributed by atoms with Crippen LogP contribution in [-0.2, 0) is 6.54 Å². The molecule has 0 unspecified atom stereocenters. The van der Waals surface area contributed by atoms with Crippen LogP contribution in [0.3, 0.4) is 0 Å². The first kappa shape index (κ1) is 13.0. The van der Waals surface area contributed by atoms with Crippen LogP contribution in [0.2, 0.25) is 0 Å². The number of benzene rings is 1. The molecule has 0 aliphatic rings. The highest BCUT2D eigenvalue weighted by atomic mass is 16.5. The summed E-state index contributed by atoms with van der Waals surface area (Å²) < 4.78 is 5.33. The van der Waals surface area contributed by atoms with Gasteiger partial charge >= 0.3 is 0 Å². The summed E-state index contributed by atoms with van der Waals surface area (Å²) in [5, 5.41) is 3.41. The molecule has 1 aromatic rings. The number of nitrogens with one attached hydrogen (secondary N) is 1. The molecule has 0 atom stereocenters. The Bertz CT molecular complexity index is 324. The first-order chi connectivity index (χ1) is 7.63. The Morgan fingerprint density at radius 3 is 2.69 bits per heavy atom. The van der Waals surface area contributed by atoms with E-state index in [4.69, 9.17) is 4.74 Å². The standard InChI is InChI=1S/C13H22N2O/c1-11-5-6-13(16-4)12(9-11)10-14-7-8-15(2)3/h5-6,9,14H,7-8,10H2,1-4H3. The lowest BCUT2D eigenvalue weighted by atomic mass is 10.1. The zero-order chi connectivity index (χ0) is 12.0. The zero-order valence-electron chi connectivity index (χ0n) is 10.7. The van der Waals surface area contributed by atoms with E-state index in [1.807, 2.05) is 6.07 Å². The van der Waals surface area contributed by atoms with Crippen molar-refractivity contribution >= 4 is 0 Å². The summed E-state index contributed by atoms with van der Waals surface area (Å²) in [7, 11) is 5.87. The molecular formula is C13H22N2O. The molecule has 3 heteroatoms. The van der Waals surface area contributed by atoms with Gasteiger partial charge in [0.15, 0.2) is 0 Å². The topological polar surface area (TPSA) is 24.5 Å². The van der Waals surface area contributed by atoms with E-state index < -0.39 is 0 Å². The number of likely N-dealkylation sites (N-methyl/N-ethyl adjacent to an activating group) is 1. The molecule has 0 saturated carbocycles. The molecule has 0 aromatic heterocycles. The van der Waals surface area contributed by atoms with Gasteiger partial charge in [-0.25, -0.2) is 0 Å². The second-order valence-corrected chi connectivity index (χ2v) is 4.30. The van der Waals surface area contributed by atoms with Crippen molar-refractivity contribution in [1.82, 2.24) is 10.2 Å². The molecule has 0 fully saturated rings. The van der Waals surface area contributed by atoms with E-state index in [-0.39, 0.29) is 0 Å². The van der Waals surface area contributed by atoms with Crippen molar-refractivity contribution in [2.75, 3.05) is 34.3 Å². The summed E-state index contributed by atoms with van der Waals surface area (Å²) in [6.45, 7) is 5.00. The van der Waals surface area contributed by atoms with Crippen molar-refractivity contribution in [1.29, 1.82) is 0 Å². The molecule has 0 heterocycles. The molecule has 90 valence electrons. The van der Waals surface area contributed by atoms with Gasteiger partial charge < -0.3 is 15.0 Å². The molecule has 16 heavy (non-hydrogen) atoms. The largest absolute Gasteiger partial charge is 0.496 e. The number of methoxy groups -OCH3 is 1. The van der Waals surface area contributed by atoms with Crippen LogP contribution in [0.25, 0.3) is 0 Å². The maximum absolute atomic E-state index is 5.33. The van der Waals surface area contributed by atoms with Gasteiger partial charge in [0.1, 0.15) is 5.75 Å². The van der Waals surface area contributed by atoms with Crippen LogP contribution >= 0.6 is 0 Å². The fourth-order valence-electron chi connectivity index (χ4n) is 1.57. The van der Waals surface area contributed by atoms with Crippen molar-refractivity contribution < 1.29 is 4.74 Å². The molecular weight excluding hydrogens is 200 g/mol. The highest BCUT2D eigenvalue weighted by molar-refractivity contribution is 5.36. The van der Waals surface area contributed by atoms with Crippen molar-refractivity contribution in [3.63, 3.8) is 0 Å². The fourth-order valence-corrected chi connectivity index (χ4v) is 1.57. The summed E-state index contributed by atoms with van der Waals surface area (Å²) in [6.07, 6.45) is 0. The molecule has 0 bridgehead atoms. The lowest BCUT2D eigenvalue weighted by Gasteiger charge is -2.12. The van der Waals surface area contributed by atoms with E-state index in [0.717, 1.165) is 25.4 Å². The molecule has 0 saturated heterocycles. The second kappa shape index (κ2) is 6.51. The van der Waals surface area contributed by atoms with Crippen LogP contribution in [0.1, 0.15) is 11.1 Å². The summed E-state index contributed by atoms with van der Waals surface area (Å²) in [5.41, 5.74) is 2.49. The van der Waals surface area contributed by atoms with Gasteiger partial charge in [-0.2, -0.15) is 0 Å². The van der Waals surface area contributed by atoms with Crippen LogP contribution in [0.15, 0.2) is 18.2 Å². The SMILES string of the molecule is COc1ccc(C)cc1CNCCN(C)C. The third-order valence-corrected chi connectivity index (χ3v) is 2.49. The van der Waals surface area contributed by atoms with E-state index in [1.54, 1.807) is 7.11 Å². The van der Waals surface area contributed by atoms with Crippen molar-refractivity contribution in [3.8, 4) is 5.75 Å². The Labute approximate surface area is 98.4 Å². The molecule has 0 radical (unpaired) electrons. The van der Waals surface area contributed by atoms with Gasteiger partial charge in [0.2, 0.25) is 0 Å². The van der Waals surface area contributed by atoms with E-state index in [9.17, 15) is 0 Å². The summed E-state index contributed by atoms with van der Waals surface area (Å²) in [6, 6.07) is 6.27. The normalized spacial score (nSPS) is 10.8. The minimum absolute atomic E-state index is 0.860. The Hall–Kier alpha value is -1.06. The number of aryl methyl sites for hydroxylation is 1. The summed E-state index contributed by atoms with van der Waals surface area (Å²) in [5.74, 6) is 0.961. The Kier molecular flexibility index (Phi) is 5.29. The van der Waals surface area contributed by atoms with Crippen LogP contribution in [0, 0.1) is 6.92 Å². The molecule has 0 amide bonds. The van der Waals surface area contributed by atoms with Gasteiger partial charge in [-0.3, -0.25) is 0 Å². The quantitative estimate of drug-likeness (QED) is 0.741. The molecule has 0 spiro atoms. The molecule has 1 aromatic carbocycles. The molecule has 1 N–H and O–H groups in total. The fraction of sp³-hybridized carbons (Fsp3) is 0.538. The van der Waals surface area contributed by atoms with E-state index >= 15 is 0 Å². The Morgan fingerprint density at radius 2 is 2.06 bits per heavy atom. The minimum Gasteiger partial charge on any atom is -0.496 e. The summed E-state index contributed by atoms with van der Waals surface area (Å²) >= 11 is 0. The number of rotatable bonds is 6. The van der Waals surface area contributed by atoms with Gasteiger partial charge in [-0.05, 0) is 27.1 Å². The third-order valence-electron chi connectivity index (χ3n) is 2.49. The first-order valence-corrected chi connectivity index (χ1v) is 5.62. The van der Waals surface area contributed by atoms with E-state index in [2.05, 4.69) is 43.4 Å². The molecule has 1 rings (SSSR count). The Morgan fingerprint density at radius 1 is 1.31 bits per heavy atom. The third kappa shape index (κ3) is 4.21. The predicted octanol–water partition coefficient (Wildman–Crippen LogP) is 1.65. The predicted molar refractivity (Wildman–Crippen MR) is 68.0 cm³/mol. The van der Waals surface area contributed by atoms with Crippen LogP contribution in [0.4, 0.5) is 0 Å². The van der Waals surface area contributed by atoms with Crippen molar-refractivity contribution in [2.24, 2.45) is 0 Å². The number of hydrogen-bond acceptors (Lipinski definition) is 3. The van der Waals surface area contributed by atoms with Crippen molar-refractivity contribution in [2.45, 2.75) is 13.5 Å². The first-order valence-electron chi connectivity index (χ1n) is 5.62. The second-order valence-electron chi connectivity index (χ2n) is 4.30. The zero-order valence-corrected chi connectivity index (χ0v) is 10.7. The lowest BCUT2D eigenvalue weighted by molar-refractivity contribution is 0.392. The monoisotopic (exact) mass is 222 g/mol. The number of ether oxygens (including phenoxy) is 1. The van der Waals surface area contributed by atoms with Crippen molar-refractivity contribution in [3.05, 3.63) is 29.3 Å². The average Bonchev–Trinajstić information content (AvgIpc) is 2.24. The number of hydrogen-bond donors (Lipinski definition) is 1. The maximum Gasteiger partial charge on any atom is 0.123 e. The minimum atomic E-state index is 0.860. The average molecular weight is 222 g/mol.